The molecule has 1 aliphatic carbocycles. The van der Waals surface area contributed by atoms with Crippen LogP contribution in [0.3, 0.4) is 0 Å². The molecule has 0 aliphatic heterocycles. The van der Waals surface area contributed by atoms with Gasteiger partial charge in [0.15, 0.2) is 0 Å². The first kappa shape index (κ1) is 18.1. The van der Waals surface area contributed by atoms with Gasteiger partial charge in [0.1, 0.15) is 0 Å². The van der Waals surface area contributed by atoms with Gasteiger partial charge in [-0.1, -0.05) is 37.6 Å². The van der Waals surface area contributed by atoms with E-state index in [4.69, 9.17) is 5.84 Å². The standard InChI is InChI=1S/C20H26N2O2S/c1-12-5-6-13(11-22(4)21)14(9-12)18-17(19(23)24)15-10-20(2,3)8-7-16(15)25-18/h5-6,9H,7-8,10-11,21H2,1-4H3,(H,23,24). The lowest BCUT2D eigenvalue weighted by atomic mass is 9.76. The van der Waals surface area contributed by atoms with Gasteiger partial charge in [-0.15, -0.1) is 11.3 Å². The smallest absolute Gasteiger partial charge is 0.337 e. The number of fused-ring (bicyclic) bond motifs is 1. The molecule has 134 valence electrons. The number of aromatic carboxylic acids is 1. The van der Waals surface area contributed by atoms with Crippen LogP contribution < -0.4 is 5.84 Å². The van der Waals surface area contributed by atoms with Gasteiger partial charge in [-0.05, 0) is 48.3 Å². The number of nitrogens with zero attached hydrogens (tertiary/aromatic N) is 1. The van der Waals surface area contributed by atoms with Crippen molar-refractivity contribution in [3.8, 4) is 10.4 Å². The van der Waals surface area contributed by atoms with Gasteiger partial charge in [-0.3, -0.25) is 5.84 Å². The van der Waals surface area contributed by atoms with Gasteiger partial charge in [0.25, 0.3) is 0 Å². The van der Waals surface area contributed by atoms with Gasteiger partial charge in [0.05, 0.1) is 5.56 Å². The molecule has 0 spiro atoms. The Bertz CT molecular complexity index is 821. The van der Waals surface area contributed by atoms with Gasteiger partial charge in [0.2, 0.25) is 0 Å². The summed E-state index contributed by atoms with van der Waals surface area (Å²) < 4.78 is 0. The predicted molar refractivity (Wildman–Crippen MR) is 103 cm³/mol. The van der Waals surface area contributed by atoms with Crippen molar-refractivity contribution in [1.82, 2.24) is 5.01 Å². The number of hydrogen-bond acceptors (Lipinski definition) is 4. The molecule has 0 unspecified atom stereocenters. The highest BCUT2D eigenvalue weighted by atomic mass is 32.1. The summed E-state index contributed by atoms with van der Waals surface area (Å²) in [6, 6.07) is 6.20. The number of rotatable bonds is 4. The second-order valence-corrected chi connectivity index (χ2v) is 9.03. The summed E-state index contributed by atoms with van der Waals surface area (Å²) in [4.78, 5) is 14.3. The van der Waals surface area contributed by atoms with Crippen LogP contribution >= 0.6 is 11.3 Å². The molecule has 3 rings (SSSR count). The van der Waals surface area contributed by atoms with E-state index in [2.05, 4.69) is 32.0 Å². The molecule has 0 fully saturated rings. The van der Waals surface area contributed by atoms with Gasteiger partial charge in [-0.25, -0.2) is 9.80 Å². The molecular formula is C20H26N2O2S. The van der Waals surface area contributed by atoms with E-state index in [1.54, 1.807) is 16.3 Å². The second-order valence-electron chi connectivity index (χ2n) is 7.93. The average molecular weight is 359 g/mol. The van der Waals surface area contributed by atoms with Crippen LogP contribution in [-0.4, -0.2) is 23.1 Å². The highest BCUT2D eigenvalue weighted by Gasteiger charge is 2.33. The minimum Gasteiger partial charge on any atom is -0.478 e. The minimum absolute atomic E-state index is 0.155. The van der Waals surface area contributed by atoms with Crippen LogP contribution in [0.1, 0.15) is 52.2 Å². The van der Waals surface area contributed by atoms with E-state index in [9.17, 15) is 9.90 Å². The SMILES string of the molecule is Cc1ccc(CN(C)N)c(-c2sc3c(c2C(=O)O)CC(C)(C)CC3)c1. The summed E-state index contributed by atoms with van der Waals surface area (Å²) >= 11 is 1.65. The maximum Gasteiger partial charge on any atom is 0.337 e. The van der Waals surface area contributed by atoms with Crippen LogP contribution in [0.25, 0.3) is 10.4 Å². The van der Waals surface area contributed by atoms with Crippen LogP contribution in [0.2, 0.25) is 0 Å². The predicted octanol–water partition coefficient (Wildman–Crippen LogP) is 4.24. The molecule has 0 bridgehead atoms. The third-order valence-electron chi connectivity index (χ3n) is 4.92. The van der Waals surface area contributed by atoms with Crippen LogP contribution in [0, 0.1) is 12.3 Å². The summed E-state index contributed by atoms with van der Waals surface area (Å²) in [6.45, 7) is 7.07. The van der Waals surface area contributed by atoms with Crippen LogP contribution in [-0.2, 0) is 19.4 Å². The van der Waals surface area contributed by atoms with Crippen LogP contribution in [0.15, 0.2) is 18.2 Å². The Balaban J connectivity index is 2.20. The van der Waals surface area contributed by atoms with Crippen molar-refractivity contribution in [1.29, 1.82) is 0 Å². The van der Waals surface area contributed by atoms with Crippen molar-refractivity contribution in [2.24, 2.45) is 11.3 Å². The molecule has 1 heterocycles. The molecule has 0 radical (unpaired) electrons. The summed E-state index contributed by atoms with van der Waals surface area (Å²) in [5.74, 6) is 5.04. The molecular weight excluding hydrogens is 332 g/mol. The summed E-state index contributed by atoms with van der Waals surface area (Å²) in [7, 11) is 1.82. The van der Waals surface area contributed by atoms with Gasteiger partial charge in [-0.2, -0.15) is 0 Å². The monoisotopic (exact) mass is 358 g/mol. The number of hydrazine groups is 1. The lowest BCUT2D eigenvalue weighted by Crippen LogP contribution is -2.25. The summed E-state index contributed by atoms with van der Waals surface area (Å²) in [5, 5.41) is 11.6. The Morgan fingerprint density at radius 2 is 2.12 bits per heavy atom. The molecule has 4 nitrogen and oxygen atoms in total. The third kappa shape index (κ3) is 3.64. The zero-order valence-electron chi connectivity index (χ0n) is 15.3. The molecule has 0 saturated carbocycles. The Labute approximate surface area is 153 Å². The van der Waals surface area contributed by atoms with E-state index in [0.29, 0.717) is 12.1 Å². The molecule has 25 heavy (non-hydrogen) atoms. The van der Waals surface area contributed by atoms with E-state index in [0.717, 1.165) is 46.4 Å². The van der Waals surface area contributed by atoms with Gasteiger partial charge >= 0.3 is 5.97 Å². The average Bonchev–Trinajstić information content (AvgIpc) is 2.85. The number of thiophene rings is 1. The zero-order chi connectivity index (χ0) is 18.4. The number of aryl methyl sites for hydroxylation is 2. The van der Waals surface area contributed by atoms with Crippen molar-refractivity contribution in [3.63, 3.8) is 0 Å². The fourth-order valence-corrected chi connectivity index (χ4v) is 5.00. The van der Waals surface area contributed by atoms with Crippen molar-refractivity contribution in [2.75, 3.05) is 7.05 Å². The molecule has 0 amide bonds. The number of benzene rings is 1. The third-order valence-corrected chi connectivity index (χ3v) is 6.24. The zero-order valence-corrected chi connectivity index (χ0v) is 16.2. The first-order valence-electron chi connectivity index (χ1n) is 8.61. The number of carboxylic acid groups (broad SMARTS) is 1. The van der Waals surface area contributed by atoms with Gasteiger partial charge < -0.3 is 5.11 Å². The number of carbonyl (C=O) groups is 1. The second kappa shape index (κ2) is 6.56. The Morgan fingerprint density at radius 1 is 1.40 bits per heavy atom. The van der Waals surface area contributed by atoms with E-state index < -0.39 is 5.97 Å². The van der Waals surface area contributed by atoms with Crippen LogP contribution in [0.5, 0.6) is 0 Å². The fraction of sp³-hybridized carbons (Fsp3) is 0.450. The molecule has 2 aromatic rings. The maximum atomic E-state index is 12.1. The Kier molecular flexibility index (Phi) is 4.75. The van der Waals surface area contributed by atoms with Crippen molar-refractivity contribution < 1.29 is 9.90 Å². The van der Waals surface area contributed by atoms with Crippen molar-refractivity contribution >= 4 is 17.3 Å². The lowest BCUT2D eigenvalue weighted by Gasteiger charge is -2.29. The van der Waals surface area contributed by atoms with E-state index in [1.165, 1.54) is 4.88 Å². The first-order chi connectivity index (χ1) is 11.7. The van der Waals surface area contributed by atoms with Crippen molar-refractivity contribution in [3.05, 3.63) is 45.3 Å². The molecule has 1 aromatic carbocycles. The number of nitrogens with two attached hydrogens (primary N) is 1. The molecule has 5 heteroatoms. The van der Waals surface area contributed by atoms with Crippen LogP contribution in [0.4, 0.5) is 0 Å². The maximum absolute atomic E-state index is 12.1. The fourth-order valence-electron chi connectivity index (χ4n) is 3.64. The normalized spacial score (nSPS) is 16.1. The topological polar surface area (TPSA) is 66.6 Å². The largest absolute Gasteiger partial charge is 0.478 e. The minimum atomic E-state index is -0.821. The Morgan fingerprint density at radius 3 is 2.76 bits per heavy atom. The molecule has 1 aromatic heterocycles. The van der Waals surface area contributed by atoms with Crippen molar-refractivity contribution in [2.45, 2.75) is 46.6 Å². The lowest BCUT2D eigenvalue weighted by molar-refractivity contribution is 0.0696. The molecule has 1 aliphatic rings. The van der Waals surface area contributed by atoms with E-state index >= 15 is 0 Å². The molecule has 0 saturated heterocycles. The molecule has 0 atom stereocenters. The highest BCUT2D eigenvalue weighted by molar-refractivity contribution is 7.16. The molecule has 3 N–H and O–H groups in total. The van der Waals surface area contributed by atoms with E-state index in [-0.39, 0.29) is 5.41 Å². The highest BCUT2D eigenvalue weighted by Crippen LogP contribution is 2.46. The first-order valence-corrected chi connectivity index (χ1v) is 9.43. The number of carboxylic acids is 1. The summed E-state index contributed by atoms with van der Waals surface area (Å²) in [5.41, 5.74) is 4.89. The summed E-state index contributed by atoms with van der Waals surface area (Å²) in [6.07, 6.45) is 2.90. The van der Waals surface area contributed by atoms with Gasteiger partial charge in [0, 0.05) is 23.3 Å². The quantitative estimate of drug-likeness (QED) is 0.634. The van der Waals surface area contributed by atoms with E-state index in [1.807, 2.05) is 14.0 Å². The Hall–Kier alpha value is -1.69. The number of hydrogen-bond donors (Lipinski definition) is 2.